The molecule has 0 saturated carbocycles. The highest BCUT2D eigenvalue weighted by Gasteiger charge is 2.25. The second kappa shape index (κ2) is 6.13. The Bertz CT molecular complexity index is 578. The largest absolute Gasteiger partial charge is 0.477 e. The van der Waals surface area contributed by atoms with Crippen LogP contribution in [-0.4, -0.2) is 37.5 Å². The number of thiophene rings is 1. The van der Waals surface area contributed by atoms with Crippen LogP contribution in [0.2, 0.25) is 0 Å². The maximum absolute atomic E-state index is 12.1. The Labute approximate surface area is 128 Å². The summed E-state index contributed by atoms with van der Waals surface area (Å²) in [5.41, 5.74) is 0. The third-order valence-electron chi connectivity index (χ3n) is 2.74. The van der Waals surface area contributed by atoms with E-state index in [4.69, 9.17) is 5.11 Å². The maximum atomic E-state index is 12.1. The highest BCUT2D eigenvalue weighted by atomic mass is 79.9. The summed E-state index contributed by atoms with van der Waals surface area (Å²) < 4.78 is 27.1. The minimum absolute atomic E-state index is 0.000509. The molecule has 106 valence electrons. The van der Waals surface area contributed by atoms with Crippen molar-refractivity contribution in [2.45, 2.75) is 11.3 Å². The van der Waals surface area contributed by atoms with Crippen molar-refractivity contribution in [3.05, 3.63) is 14.7 Å². The van der Waals surface area contributed by atoms with Crippen LogP contribution < -0.4 is 4.72 Å². The van der Waals surface area contributed by atoms with Crippen molar-refractivity contribution >= 4 is 55.0 Å². The Balaban J connectivity index is 2.12. The Kier molecular flexibility index (Phi) is 4.93. The van der Waals surface area contributed by atoms with Crippen LogP contribution >= 0.6 is 39.0 Å². The fraction of sp³-hybridized carbons (Fsp3) is 0.500. The zero-order valence-corrected chi connectivity index (χ0v) is 13.8. The number of carboxylic acid groups (broad SMARTS) is 1. The number of nitrogens with one attached hydrogen (secondary N) is 1. The third kappa shape index (κ3) is 3.72. The molecule has 1 atom stereocenters. The zero-order chi connectivity index (χ0) is 14.0. The average molecular weight is 386 g/mol. The normalized spacial score (nSPS) is 19.7. The molecule has 0 amide bonds. The number of carboxylic acids is 1. The molecule has 19 heavy (non-hydrogen) atoms. The van der Waals surface area contributed by atoms with Crippen LogP contribution in [0.5, 0.6) is 0 Å². The molecular formula is C10H12BrNO4S3. The summed E-state index contributed by atoms with van der Waals surface area (Å²) in [5.74, 6) is 1.27. The Hall–Kier alpha value is -0.0900. The first kappa shape index (κ1) is 15.3. The lowest BCUT2D eigenvalue weighted by Crippen LogP contribution is -2.29. The minimum atomic E-state index is -3.65. The zero-order valence-electron chi connectivity index (χ0n) is 9.76. The van der Waals surface area contributed by atoms with E-state index in [9.17, 15) is 13.2 Å². The summed E-state index contributed by atoms with van der Waals surface area (Å²) in [5, 5.41) is 8.86. The van der Waals surface area contributed by atoms with Gasteiger partial charge in [-0.3, -0.25) is 0 Å². The van der Waals surface area contributed by atoms with Gasteiger partial charge in [-0.25, -0.2) is 17.9 Å². The second-order valence-corrected chi connectivity index (χ2v) is 9.39. The number of thioether (sulfide) groups is 1. The fourth-order valence-electron chi connectivity index (χ4n) is 1.69. The number of carbonyl (C=O) groups is 1. The van der Waals surface area contributed by atoms with Gasteiger partial charge in [0.15, 0.2) is 0 Å². The quantitative estimate of drug-likeness (QED) is 0.811. The Morgan fingerprint density at radius 1 is 1.58 bits per heavy atom. The molecule has 2 heterocycles. The number of rotatable bonds is 5. The van der Waals surface area contributed by atoms with E-state index >= 15 is 0 Å². The first-order valence-corrected chi connectivity index (χ1v) is 9.75. The van der Waals surface area contributed by atoms with Crippen molar-refractivity contribution in [3.8, 4) is 0 Å². The van der Waals surface area contributed by atoms with Crippen molar-refractivity contribution < 1.29 is 18.3 Å². The van der Waals surface area contributed by atoms with Gasteiger partial charge in [-0.15, -0.1) is 11.3 Å². The summed E-state index contributed by atoms with van der Waals surface area (Å²) in [6.45, 7) is 0.403. The molecule has 5 nitrogen and oxygen atoms in total. The van der Waals surface area contributed by atoms with Gasteiger partial charge >= 0.3 is 5.97 Å². The molecular weight excluding hydrogens is 374 g/mol. The monoisotopic (exact) mass is 385 g/mol. The first-order valence-electron chi connectivity index (χ1n) is 5.50. The van der Waals surface area contributed by atoms with Crippen molar-refractivity contribution in [1.29, 1.82) is 0 Å². The molecule has 0 bridgehead atoms. The molecule has 2 rings (SSSR count). The lowest BCUT2D eigenvalue weighted by Gasteiger charge is -2.10. The van der Waals surface area contributed by atoms with Crippen LogP contribution in [0, 0.1) is 5.92 Å². The SMILES string of the molecule is O=C(O)c1cc(S(=O)(=O)NCC2CCSC2)c(Br)s1. The molecule has 0 radical (unpaired) electrons. The van der Waals surface area contributed by atoms with E-state index in [2.05, 4.69) is 20.7 Å². The first-order chi connectivity index (χ1) is 8.90. The number of hydrogen-bond donors (Lipinski definition) is 2. The van der Waals surface area contributed by atoms with Crippen molar-refractivity contribution in [2.75, 3.05) is 18.1 Å². The van der Waals surface area contributed by atoms with E-state index in [0.29, 0.717) is 16.2 Å². The van der Waals surface area contributed by atoms with E-state index in [1.807, 2.05) is 11.8 Å². The van der Waals surface area contributed by atoms with Gasteiger partial charge in [0, 0.05) is 6.54 Å². The van der Waals surface area contributed by atoms with E-state index < -0.39 is 16.0 Å². The average Bonchev–Trinajstić information content (AvgIpc) is 2.95. The lowest BCUT2D eigenvalue weighted by molar-refractivity contribution is 0.0702. The van der Waals surface area contributed by atoms with Crippen molar-refractivity contribution in [2.24, 2.45) is 5.92 Å². The molecule has 1 aliphatic heterocycles. The molecule has 0 aromatic carbocycles. The number of hydrogen-bond acceptors (Lipinski definition) is 5. The molecule has 1 unspecified atom stereocenters. The van der Waals surface area contributed by atoms with Gasteiger partial charge < -0.3 is 5.11 Å². The van der Waals surface area contributed by atoms with Crippen molar-refractivity contribution in [1.82, 2.24) is 4.72 Å². The van der Waals surface area contributed by atoms with E-state index in [-0.39, 0.29) is 9.77 Å². The van der Waals surface area contributed by atoms with Gasteiger partial charge in [-0.2, -0.15) is 11.8 Å². The number of halogens is 1. The Morgan fingerprint density at radius 3 is 2.84 bits per heavy atom. The van der Waals surface area contributed by atoms with Gasteiger partial charge in [0.25, 0.3) is 0 Å². The second-order valence-electron chi connectivity index (χ2n) is 4.14. The lowest BCUT2D eigenvalue weighted by atomic mass is 10.1. The van der Waals surface area contributed by atoms with Gasteiger partial charge in [-0.05, 0) is 45.8 Å². The predicted octanol–water partition coefficient (Wildman–Crippen LogP) is 2.24. The fourth-order valence-corrected chi connectivity index (χ4v) is 6.49. The van der Waals surface area contributed by atoms with Gasteiger partial charge in [0.1, 0.15) is 9.77 Å². The number of sulfonamides is 1. The Morgan fingerprint density at radius 2 is 2.32 bits per heavy atom. The van der Waals surface area contributed by atoms with Crippen LogP contribution in [0.15, 0.2) is 14.7 Å². The standard InChI is InChI=1S/C10H12BrNO4S3/c11-9-8(3-7(18-9)10(13)14)19(15,16)12-4-6-1-2-17-5-6/h3,6,12H,1-2,4-5H2,(H,13,14). The summed E-state index contributed by atoms with van der Waals surface area (Å²) >= 11 is 5.83. The summed E-state index contributed by atoms with van der Waals surface area (Å²) in [6, 6.07) is 1.18. The number of aromatic carboxylic acids is 1. The highest BCUT2D eigenvalue weighted by molar-refractivity contribution is 9.11. The summed E-state index contributed by atoms with van der Waals surface area (Å²) in [7, 11) is -3.65. The molecule has 1 aliphatic rings. The maximum Gasteiger partial charge on any atom is 0.345 e. The van der Waals surface area contributed by atoms with Gasteiger partial charge in [0.2, 0.25) is 10.0 Å². The molecule has 1 aromatic heterocycles. The smallest absolute Gasteiger partial charge is 0.345 e. The molecule has 0 spiro atoms. The van der Waals surface area contributed by atoms with Crippen LogP contribution in [0.1, 0.15) is 16.1 Å². The van der Waals surface area contributed by atoms with Crippen LogP contribution in [0.25, 0.3) is 0 Å². The topological polar surface area (TPSA) is 83.5 Å². The summed E-state index contributed by atoms with van der Waals surface area (Å²) in [6.07, 6.45) is 1.01. The molecule has 1 saturated heterocycles. The van der Waals surface area contributed by atoms with Crippen molar-refractivity contribution in [3.63, 3.8) is 0 Å². The minimum Gasteiger partial charge on any atom is -0.477 e. The van der Waals surface area contributed by atoms with Crippen LogP contribution in [0.4, 0.5) is 0 Å². The molecule has 1 fully saturated rings. The van der Waals surface area contributed by atoms with E-state index in [1.165, 1.54) is 6.07 Å². The molecule has 1 aromatic rings. The molecule has 0 aliphatic carbocycles. The predicted molar refractivity (Wildman–Crippen MR) is 79.6 cm³/mol. The van der Waals surface area contributed by atoms with Crippen LogP contribution in [0.3, 0.4) is 0 Å². The highest BCUT2D eigenvalue weighted by Crippen LogP contribution is 2.32. The van der Waals surface area contributed by atoms with E-state index in [0.717, 1.165) is 29.3 Å². The molecule has 2 N–H and O–H groups in total. The third-order valence-corrected chi connectivity index (χ3v) is 7.64. The van der Waals surface area contributed by atoms with Crippen LogP contribution in [-0.2, 0) is 10.0 Å². The summed E-state index contributed by atoms with van der Waals surface area (Å²) in [4.78, 5) is 10.8. The molecule has 9 heteroatoms. The van der Waals surface area contributed by atoms with Gasteiger partial charge in [-0.1, -0.05) is 0 Å². The van der Waals surface area contributed by atoms with E-state index in [1.54, 1.807) is 0 Å². The van der Waals surface area contributed by atoms with Gasteiger partial charge in [0.05, 0.1) is 3.79 Å².